The third-order valence-electron chi connectivity index (χ3n) is 7.96. The van der Waals surface area contributed by atoms with Crippen LogP contribution in [-0.4, -0.2) is 42.5 Å². The highest BCUT2D eigenvalue weighted by atomic mass is 32.1. The van der Waals surface area contributed by atoms with Gasteiger partial charge in [0, 0.05) is 23.0 Å². The van der Waals surface area contributed by atoms with Crippen LogP contribution >= 0.6 is 11.3 Å². The molecule has 3 unspecified atom stereocenters. The maximum atomic E-state index is 13.6. The summed E-state index contributed by atoms with van der Waals surface area (Å²) in [5.41, 5.74) is 0.0135. The zero-order chi connectivity index (χ0) is 23.5. The van der Waals surface area contributed by atoms with Crippen LogP contribution < -0.4 is 5.32 Å². The van der Waals surface area contributed by atoms with Crippen LogP contribution in [0.15, 0.2) is 41.8 Å². The molecule has 0 bridgehead atoms. The van der Waals surface area contributed by atoms with Crippen molar-refractivity contribution in [2.45, 2.75) is 62.9 Å². The van der Waals surface area contributed by atoms with Crippen LogP contribution in [0.4, 0.5) is 10.1 Å². The van der Waals surface area contributed by atoms with E-state index in [9.17, 15) is 14.0 Å². The molecular formula is C27H33FN2O3S. The second-order valence-electron chi connectivity index (χ2n) is 10.2. The lowest BCUT2D eigenvalue weighted by Crippen LogP contribution is -2.56. The number of thiophene rings is 1. The molecule has 2 aliphatic carbocycles. The number of nitrogens with zero attached hydrogens (tertiary/aromatic N) is 1. The van der Waals surface area contributed by atoms with Gasteiger partial charge in [0.15, 0.2) is 0 Å². The molecule has 1 aromatic heterocycles. The summed E-state index contributed by atoms with van der Waals surface area (Å²) in [6, 6.07) is 10.1. The molecule has 1 amide bonds. The summed E-state index contributed by atoms with van der Waals surface area (Å²) in [5.74, 6) is 0.339. The number of benzene rings is 1. The van der Waals surface area contributed by atoms with Gasteiger partial charge in [-0.05, 0) is 67.8 Å². The van der Waals surface area contributed by atoms with Crippen molar-refractivity contribution in [1.29, 1.82) is 0 Å². The molecule has 0 radical (unpaired) electrons. The molecule has 2 aromatic rings. The molecule has 5 nitrogen and oxygen atoms in total. The van der Waals surface area contributed by atoms with E-state index >= 15 is 0 Å². The van der Waals surface area contributed by atoms with Gasteiger partial charge in [-0.3, -0.25) is 14.5 Å². The normalized spacial score (nSPS) is 26.6. The Labute approximate surface area is 204 Å². The Hall–Kier alpha value is -2.25. The standard InChI is InChI=1S/C27H33FN2O3S/c28-20-7-5-8-21(16-20)29-25(31)18-30-13-10-22-19(17-30)15-23(22)33-26(32)27(24-9-6-14-34-24)11-3-1-2-4-12-27/h5-9,14,16,19,22-23H,1-4,10-13,15,17-18H2,(H,29,31). The molecule has 34 heavy (non-hydrogen) atoms. The molecule has 0 spiro atoms. The number of carbonyl (C=O) groups is 2. The predicted molar refractivity (Wildman–Crippen MR) is 131 cm³/mol. The van der Waals surface area contributed by atoms with E-state index in [0.717, 1.165) is 56.5 Å². The van der Waals surface area contributed by atoms with Gasteiger partial charge >= 0.3 is 5.97 Å². The van der Waals surface area contributed by atoms with Crippen molar-refractivity contribution < 1.29 is 18.7 Å². The molecule has 2 heterocycles. The molecule has 182 valence electrons. The third-order valence-corrected chi connectivity index (χ3v) is 9.04. The summed E-state index contributed by atoms with van der Waals surface area (Å²) in [7, 11) is 0. The van der Waals surface area contributed by atoms with E-state index in [1.54, 1.807) is 23.5 Å². The smallest absolute Gasteiger partial charge is 0.317 e. The van der Waals surface area contributed by atoms with Crippen LogP contribution in [0.5, 0.6) is 0 Å². The monoisotopic (exact) mass is 484 g/mol. The zero-order valence-electron chi connectivity index (χ0n) is 19.5. The third kappa shape index (κ3) is 4.91. The van der Waals surface area contributed by atoms with Crippen LogP contribution in [0, 0.1) is 17.7 Å². The van der Waals surface area contributed by atoms with E-state index in [-0.39, 0.29) is 23.8 Å². The molecule has 1 N–H and O–H groups in total. The lowest BCUT2D eigenvalue weighted by Gasteiger charge is -2.50. The van der Waals surface area contributed by atoms with E-state index in [1.807, 2.05) is 6.07 Å². The molecule has 7 heteroatoms. The van der Waals surface area contributed by atoms with Gasteiger partial charge in [0.25, 0.3) is 0 Å². The van der Waals surface area contributed by atoms with Gasteiger partial charge in [-0.15, -0.1) is 11.3 Å². The topological polar surface area (TPSA) is 58.6 Å². The number of fused-ring (bicyclic) bond motifs is 1. The lowest BCUT2D eigenvalue weighted by molar-refractivity contribution is -0.176. The van der Waals surface area contributed by atoms with Gasteiger partial charge in [-0.25, -0.2) is 4.39 Å². The average molecular weight is 485 g/mol. The summed E-state index contributed by atoms with van der Waals surface area (Å²) < 4.78 is 19.6. The summed E-state index contributed by atoms with van der Waals surface area (Å²) in [6.45, 7) is 1.94. The molecule has 3 fully saturated rings. The van der Waals surface area contributed by atoms with Crippen molar-refractivity contribution in [3.05, 3.63) is 52.5 Å². The Bertz CT molecular complexity index is 1000. The van der Waals surface area contributed by atoms with E-state index < -0.39 is 5.41 Å². The Morgan fingerprint density at radius 2 is 1.97 bits per heavy atom. The minimum atomic E-state index is -0.467. The van der Waals surface area contributed by atoms with Gasteiger partial charge in [0.05, 0.1) is 6.54 Å². The van der Waals surface area contributed by atoms with Crippen LogP contribution in [0.2, 0.25) is 0 Å². The number of halogens is 1. The van der Waals surface area contributed by atoms with Gasteiger partial charge in [-0.2, -0.15) is 0 Å². The molecule has 3 atom stereocenters. The number of likely N-dealkylation sites (tertiary alicyclic amines) is 1. The maximum absolute atomic E-state index is 13.6. The quantitative estimate of drug-likeness (QED) is 0.442. The van der Waals surface area contributed by atoms with Gasteiger partial charge in [0.2, 0.25) is 5.91 Å². The number of carbonyl (C=O) groups excluding carboxylic acids is 2. The fourth-order valence-electron chi connectivity index (χ4n) is 6.08. The molecular weight excluding hydrogens is 451 g/mol. The van der Waals surface area contributed by atoms with E-state index in [1.165, 1.54) is 25.0 Å². The minimum Gasteiger partial charge on any atom is -0.461 e. The predicted octanol–water partition coefficient (Wildman–Crippen LogP) is 5.37. The highest BCUT2D eigenvalue weighted by molar-refractivity contribution is 7.10. The molecule has 1 saturated heterocycles. The largest absolute Gasteiger partial charge is 0.461 e. The first-order valence-electron chi connectivity index (χ1n) is 12.6. The molecule has 2 saturated carbocycles. The molecule has 1 aliphatic heterocycles. The second-order valence-corrected chi connectivity index (χ2v) is 11.1. The lowest BCUT2D eigenvalue weighted by atomic mass is 9.67. The number of anilines is 1. The zero-order valence-corrected chi connectivity index (χ0v) is 20.3. The number of rotatable bonds is 6. The number of amides is 1. The SMILES string of the molecule is O=C(CN1CCC2C(CC2OC(=O)C2(c3cccs3)CCCCCC2)C1)Nc1cccc(F)c1. The summed E-state index contributed by atoms with van der Waals surface area (Å²) in [4.78, 5) is 29.3. The van der Waals surface area contributed by atoms with Crippen LogP contribution in [0.1, 0.15) is 56.2 Å². The maximum Gasteiger partial charge on any atom is 0.317 e. The van der Waals surface area contributed by atoms with Crippen molar-refractivity contribution in [1.82, 2.24) is 4.90 Å². The molecule has 3 aliphatic rings. The van der Waals surface area contributed by atoms with Crippen LogP contribution in [-0.2, 0) is 19.7 Å². The summed E-state index contributed by atoms with van der Waals surface area (Å²) in [6.07, 6.45) is 8.13. The fourth-order valence-corrected chi connectivity index (χ4v) is 7.05. The van der Waals surface area contributed by atoms with E-state index in [2.05, 4.69) is 21.7 Å². The highest BCUT2D eigenvalue weighted by Crippen LogP contribution is 2.46. The number of ether oxygens (including phenoxy) is 1. The van der Waals surface area contributed by atoms with Crippen molar-refractivity contribution in [2.24, 2.45) is 11.8 Å². The first-order chi connectivity index (χ1) is 16.5. The van der Waals surface area contributed by atoms with E-state index in [0.29, 0.717) is 24.1 Å². The highest BCUT2D eigenvalue weighted by Gasteiger charge is 2.50. The van der Waals surface area contributed by atoms with Gasteiger partial charge in [-0.1, -0.05) is 37.8 Å². The Morgan fingerprint density at radius 3 is 2.68 bits per heavy atom. The Kier molecular flexibility index (Phi) is 7.02. The second kappa shape index (κ2) is 10.2. The van der Waals surface area contributed by atoms with Crippen LogP contribution in [0.3, 0.4) is 0 Å². The summed E-state index contributed by atoms with van der Waals surface area (Å²) >= 11 is 1.68. The first kappa shape index (κ1) is 23.5. The summed E-state index contributed by atoms with van der Waals surface area (Å²) in [5, 5.41) is 4.84. The van der Waals surface area contributed by atoms with Crippen molar-refractivity contribution >= 4 is 28.9 Å². The van der Waals surface area contributed by atoms with E-state index in [4.69, 9.17) is 4.74 Å². The minimum absolute atomic E-state index is 0.000797. The van der Waals surface area contributed by atoms with Gasteiger partial charge < -0.3 is 10.1 Å². The Balaban J connectivity index is 1.14. The average Bonchev–Trinajstić information content (AvgIpc) is 3.23. The Morgan fingerprint density at radius 1 is 1.15 bits per heavy atom. The number of hydrogen-bond acceptors (Lipinski definition) is 5. The first-order valence-corrected chi connectivity index (χ1v) is 13.4. The van der Waals surface area contributed by atoms with Crippen LogP contribution in [0.25, 0.3) is 0 Å². The fraction of sp³-hybridized carbons (Fsp3) is 0.556. The van der Waals surface area contributed by atoms with Gasteiger partial charge in [0.1, 0.15) is 17.3 Å². The van der Waals surface area contributed by atoms with Crippen molar-refractivity contribution in [3.63, 3.8) is 0 Å². The number of piperidine rings is 1. The van der Waals surface area contributed by atoms with Crippen molar-refractivity contribution in [2.75, 3.05) is 25.0 Å². The molecule has 5 rings (SSSR count). The number of esters is 1. The number of nitrogens with one attached hydrogen (secondary N) is 1. The molecule has 1 aromatic carbocycles. The van der Waals surface area contributed by atoms with Crippen molar-refractivity contribution in [3.8, 4) is 0 Å². The number of hydrogen-bond donors (Lipinski definition) is 1.